The number of benzene rings is 1. The molecular weight excluding hydrogens is 284 g/mol. The molecule has 114 valence electrons. The molecule has 0 amide bonds. The van der Waals surface area contributed by atoms with Crippen molar-refractivity contribution >= 4 is 26.6 Å². The molecule has 0 fully saturated rings. The Labute approximate surface area is 126 Å². The summed E-state index contributed by atoms with van der Waals surface area (Å²) in [4.78, 5) is 4.99. The Morgan fingerprint density at radius 1 is 1.24 bits per heavy atom. The third kappa shape index (κ3) is 3.53. The van der Waals surface area contributed by atoms with E-state index in [1.807, 2.05) is 6.07 Å². The topological polar surface area (TPSA) is 59.1 Å². The summed E-state index contributed by atoms with van der Waals surface area (Å²) < 4.78 is 23.3. The molecule has 2 rings (SSSR count). The van der Waals surface area contributed by atoms with Gasteiger partial charge in [0, 0.05) is 18.2 Å². The largest absolute Gasteiger partial charge is 0.370 e. The first-order valence-corrected chi connectivity index (χ1v) is 9.10. The molecule has 0 aliphatic carbocycles. The normalized spacial score (nSPS) is 12.0. The summed E-state index contributed by atoms with van der Waals surface area (Å²) in [5.74, 6) is 1.22. The van der Waals surface area contributed by atoms with Crippen molar-refractivity contribution in [2.45, 2.75) is 38.0 Å². The van der Waals surface area contributed by atoms with Crippen LogP contribution in [0.5, 0.6) is 0 Å². The molecule has 1 heterocycles. The number of nitrogens with zero attached hydrogens (tertiary/aromatic N) is 1. The summed E-state index contributed by atoms with van der Waals surface area (Å²) in [5.41, 5.74) is 1.92. The number of hydrogen-bond acceptors (Lipinski definition) is 4. The van der Waals surface area contributed by atoms with Gasteiger partial charge in [0.1, 0.15) is 5.82 Å². The smallest absolute Gasteiger partial charge is 0.175 e. The number of nitrogens with one attached hydrogen (secondary N) is 1. The molecule has 0 radical (unpaired) electrons. The summed E-state index contributed by atoms with van der Waals surface area (Å²) in [5, 5.41) is 4.22. The van der Waals surface area contributed by atoms with Gasteiger partial charge in [-0.15, -0.1) is 0 Å². The highest BCUT2D eigenvalue weighted by atomic mass is 32.2. The number of sulfone groups is 1. The number of aromatic nitrogens is 1. The Balaban J connectivity index is 2.60. The van der Waals surface area contributed by atoms with Gasteiger partial charge in [0.15, 0.2) is 9.84 Å². The van der Waals surface area contributed by atoms with E-state index in [-0.39, 0.29) is 0 Å². The fourth-order valence-electron chi connectivity index (χ4n) is 2.23. The molecule has 1 aromatic heterocycles. The van der Waals surface area contributed by atoms with Crippen molar-refractivity contribution in [3.05, 3.63) is 29.8 Å². The summed E-state index contributed by atoms with van der Waals surface area (Å²) >= 11 is 0. The number of anilines is 1. The van der Waals surface area contributed by atoms with Crippen molar-refractivity contribution in [2.75, 3.05) is 18.1 Å². The second-order valence-electron chi connectivity index (χ2n) is 5.63. The van der Waals surface area contributed by atoms with Gasteiger partial charge in [-0.3, -0.25) is 0 Å². The maximum Gasteiger partial charge on any atom is 0.175 e. The molecule has 0 saturated carbocycles. The molecule has 1 N–H and O–H groups in total. The minimum atomic E-state index is -3.20. The highest BCUT2D eigenvalue weighted by Crippen LogP contribution is 2.28. The van der Waals surface area contributed by atoms with Gasteiger partial charge in [-0.25, -0.2) is 13.4 Å². The van der Waals surface area contributed by atoms with Crippen LogP contribution in [0.1, 0.15) is 38.7 Å². The molecule has 5 heteroatoms. The maximum absolute atomic E-state index is 11.7. The van der Waals surface area contributed by atoms with Crippen molar-refractivity contribution in [3.8, 4) is 0 Å². The Morgan fingerprint density at radius 3 is 2.52 bits per heavy atom. The number of pyridine rings is 1. The van der Waals surface area contributed by atoms with Crippen LogP contribution in [0, 0.1) is 0 Å². The van der Waals surface area contributed by atoms with Crippen LogP contribution in [0.15, 0.2) is 29.2 Å². The van der Waals surface area contributed by atoms with Crippen molar-refractivity contribution in [1.82, 2.24) is 4.98 Å². The minimum Gasteiger partial charge on any atom is -0.370 e. The number of fused-ring (bicyclic) bond motifs is 1. The summed E-state index contributed by atoms with van der Waals surface area (Å²) in [6.07, 6.45) is 2.26. The fourth-order valence-corrected chi connectivity index (χ4v) is 2.88. The lowest BCUT2D eigenvalue weighted by atomic mass is 10.0. The first-order chi connectivity index (χ1) is 9.82. The molecule has 0 spiro atoms. The predicted octanol–water partition coefficient (Wildman–Crippen LogP) is 3.58. The van der Waals surface area contributed by atoms with Gasteiger partial charge in [-0.05, 0) is 42.2 Å². The van der Waals surface area contributed by atoms with Crippen molar-refractivity contribution in [3.63, 3.8) is 0 Å². The number of rotatable bonds is 5. The van der Waals surface area contributed by atoms with E-state index in [0.717, 1.165) is 35.2 Å². The molecule has 0 aliphatic heterocycles. The van der Waals surface area contributed by atoms with E-state index in [4.69, 9.17) is 0 Å². The molecule has 0 aliphatic rings. The Bertz CT molecular complexity index is 752. The van der Waals surface area contributed by atoms with Gasteiger partial charge in [0.05, 0.1) is 10.4 Å². The second-order valence-corrected chi connectivity index (χ2v) is 7.65. The van der Waals surface area contributed by atoms with Crippen LogP contribution in [0.4, 0.5) is 5.82 Å². The van der Waals surface area contributed by atoms with Crippen LogP contribution in [-0.4, -0.2) is 26.2 Å². The zero-order chi connectivity index (χ0) is 15.6. The molecule has 1 aromatic carbocycles. The number of hydrogen-bond donors (Lipinski definition) is 1. The quantitative estimate of drug-likeness (QED) is 0.917. The van der Waals surface area contributed by atoms with Gasteiger partial charge < -0.3 is 5.32 Å². The molecule has 2 aromatic rings. The Kier molecular flexibility index (Phi) is 4.52. The molecule has 0 bridgehead atoms. The van der Waals surface area contributed by atoms with Gasteiger partial charge in [0.25, 0.3) is 0 Å². The van der Waals surface area contributed by atoms with Crippen molar-refractivity contribution in [2.24, 2.45) is 0 Å². The van der Waals surface area contributed by atoms with E-state index in [1.165, 1.54) is 6.26 Å². The van der Waals surface area contributed by atoms with Crippen LogP contribution < -0.4 is 5.32 Å². The van der Waals surface area contributed by atoms with E-state index in [1.54, 1.807) is 18.2 Å². The van der Waals surface area contributed by atoms with E-state index in [2.05, 4.69) is 31.1 Å². The molecule has 4 nitrogen and oxygen atoms in total. The van der Waals surface area contributed by atoms with Crippen LogP contribution in [0.25, 0.3) is 10.9 Å². The third-order valence-electron chi connectivity index (χ3n) is 3.41. The van der Waals surface area contributed by atoms with E-state index in [0.29, 0.717) is 10.8 Å². The maximum atomic E-state index is 11.7. The second kappa shape index (κ2) is 6.02. The molecular formula is C16H22N2O2S. The van der Waals surface area contributed by atoms with Crippen LogP contribution in [-0.2, 0) is 9.84 Å². The van der Waals surface area contributed by atoms with Crippen molar-refractivity contribution < 1.29 is 8.42 Å². The Morgan fingerprint density at radius 2 is 1.95 bits per heavy atom. The van der Waals surface area contributed by atoms with Crippen LogP contribution in [0.3, 0.4) is 0 Å². The van der Waals surface area contributed by atoms with E-state index >= 15 is 0 Å². The van der Waals surface area contributed by atoms with E-state index in [9.17, 15) is 8.42 Å². The van der Waals surface area contributed by atoms with Crippen LogP contribution >= 0.6 is 0 Å². The molecule has 0 atom stereocenters. The SMILES string of the molecule is CCCNc1nc2ccc(S(C)(=O)=O)cc2cc1C(C)C. The first-order valence-electron chi connectivity index (χ1n) is 7.21. The predicted molar refractivity (Wildman–Crippen MR) is 87.7 cm³/mol. The van der Waals surface area contributed by atoms with Gasteiger partial charge >= 0.3 is 0 Å². The lowest BCUT2D eigenvalue weighted by Crippen LogP contribution is -2.07. The average Bonchev–Trinajstić information content (AvgIpc) is 2.42. The third-order valence-corrected chi connectivity index (χ3v) is 4.52. The zero-order valence-electron chi connectivity index (χ0n) is 13.0. The summed E-state index contributed by atoms with van der Waals surface area (Å²) in [6.45, 7) is 7.21. The van der Waals surface area contributed by atoms with E-state index < -0.39 is 9.84 Å². The Hall–Kier alpha value is -1.62. The lowest BCUT2D eigenvalue weighted by molar-refractivity contribution is 0.602. The molecule has 21 heavy (non-hydrogen) atoms. The standard InChI is InChI=1S/C16H22N2O2S/c1-5-8-17-16-14(11(2)3)10-12-9-13(21(4,19)20)6-7-15(12)18-16/h6-7,9-11H,5,8H2,1-4H3,(H,17,18). The first kappa shape index (κ1) is 15.8. The fraction of sp³-hybridized carbons (Fsp3) is 0.438. The average molecular weight is 306 g/mol. The van der Waals surface area contributed by atoms with Gasteiger partial charge in [0.2, 0.25) is 0 Å². The monoisotopic (exact) mass is 306 g/mol. The van der Waals surface area contributed by atoms with Gasteiger partial charge in [-0.2, -0.15) is 0 Å². The van der Waals surface area contributed by atoms with Crippen molar-refractivity contribution in [1.29, 1.82) is 0 Å². The zero-order valence-corrected chi connectivity index (χ0v) is 13.8. The highest BCUT2D eigenvalue weighted by Gasteiger charge is 2.13. The lowest BCUT2D eigenvalue weighted by Gasteiger charge is -2.15. The summed E-state index contributed by atoms with van der Waals surface area (Å²) in [6, 6.07) is 7.13. The van der Waals surface area contributed by atoms with Crippen LogP contribution in [0.2, 0.25) is 0 Å². The summed E-state index contributed by atoms with van der Waals surface area (Å²) in [7, 11) is -3.20. The molecule has 0 unspecified atom stereocenters. The molecule has 0 saturated heterocycles. The minimum absolute atomic E-state index is 0.322. The highest BCUT2D eigenvalue weighted by molar-refractivity contribution is 7.90. The van der Waals surface area contributed by atoms with Gasteiger partial charge in [-0.1, -0.05) is 20.8 Å².